The van der Waals surface area contributed by atoms with E-state index in [-0.39, 0.29) is 41.2 Å². The molecule has 1 aliphatic heterocycles. The summed E-state index contributed by atoms with van der Waals surface area (Å²) in [7, 11) is 1.53. The van der Waals surface area contributed by atoms with Gasteiger partial charge in [0.15, 0.2) is 0 Å². The normalized spacial score (nSPS) is 20.6. The number of aliphatic hydroxyl groups is 1. The van der Waals surface area contributed by atoms with Gasteiger partial charge in [-0.15, -0.1) is 0 Å². The van der Waals surface area contributed by atoms with Crippen LogP contribution >= 0.6 is 11.6 Å². The van der Waals surface area contributed by atoms with E-state index in [4.69, 9.17) is 31.8 Å². The molecule has 0 bridgehead atoms. The smallest absolute Gasteiger partial charge is 0.251 e. The topological polar surface area (TPSA) is 142 Å². The van der Waals surface area contributed by atoms with Crippen molar-refractivity contribution in [3.63, 3.8) is 0 Å². The average Bonchev–Trinajstić information content (AvgIpc) is 3.94. The summed E-state index contributed by atoms with van der Waals surface area (Å²) in [5.41, 5.74) is 5.34. The molecule has 44 heavy (non-hydrogen) atoms. The monoisotopic (exact) mass is 619 g/mol. The van der Waals surface area contributed by atoms with Crippen LogP contribution in [0.15, 0.2) is 42.6 Å². The van der Waals surface area contributed by atoms with E-state index >= 15 is 0 Å². The van der Waals surface area contributed by atoms with E-state index in [1.165, 1.54) is 19.2 Å². The predicted molar refractivity (Wildman–Crippen MR) is 160 cm³/mol. The molecule has 3 aliphatic rings. The van der Waals surface area contributed by atoms with E-state index in [1.54, 1.807) is 25.1 Å². The number of methoxy groups -OCH3 is 1. The first-order valence-electron chi connectivity index (χ1n) is 14.5. The van der Waals surface area contributed by atoms with Gasteiger partial charge in [-0.25, -0.2) is 9.37 Å². The molecule has 2 aromatic heterocycles. The van der Waals surface area contributed by atoms with Gasteiger partial charge in [-0.1, -0.05) is 11.6 Å². The molecule has 2 amide bonds. The first kappa shape index (κ1) is 28.5. The Balaban J connectivity index is 1.26. The van der Waals surface area contributed by atoms with Gasteiger partial charge in [0.2, 0.25) is 5.91 Å². The molecule has 3 heterocycles. The van der Waals surface area contributed by atoms with Crippen LogP contribution in [0.5, 0.6) is 11.5 Å². The summed E-state index contributed by atoms with van der Waals surface area (Å²) in [4.78, 5) is 30.9. The Kier molecular flexibility index (Phi) is 6.60. The van der Waals surface area contributed by atoms with Crippen LogP contribution in [-0.4, -0.2) is 51.9 Å². The summed E-state index contributed by atoms with van der Waals surface area (Å²) >= 11 is 6.44. The quantitative estimate of drug-likeness (QED) is 0.252. The number of carbonyl (C=O) groups excluding carboxylic acids is 2. The largest absolute Gasteiger partial charge is 0.494 e. The second-order valence-corrected chi connectivity index (χ2v) is 12.6. The maximum Gasteiger partial charge on any atom is 0.251 e. The first-order chi connectivity index (χ1) is 21.0. The Hall–Kier alpha value is -4.22. The van der Waals surface area contributed by atoms with Gasteiger partial charge in [-0.3, -0.25) is 14.3 Å². The number of rotatable bonds is 9. The van der Waals surface area contributed by atoms with Crippen molar-refractivity contribution in [2.24, 2.45) is 11.7 Å². The average molecular weight is 620 g/mol. The number of nitrogens with one attached hydrogen (secondary N) is 1. The summed E-state index contributed by atoms with van der Waals surface area (Å²) in [6.45, 7) is 1.47. The van der Waals surface area contributed by atoms with E-state index < -0.39 is 28.6 Å². The summed E-state index contributed by atoms with van der Waals surface area (Å²) in [5.74, 6) is -0.977. The van der Waals surface area contributed by atoms with Gasteiger partial charge >= 0.3 is 0 Å². The summed E-state index contributed by atoms with van der Waals surface area (Å²) in [6, 6.07) is 9.27. The maximum absolute atomic E-state index is 13.9. The number of fused-ring (bicyclic) bond motifs is 2. The second kappa shape index (κ2) is 10.2. The minimum absolute atomic E-state index is 0.0329. The number of carbonyl (C=O) groups is 2. The highest BCUT2D eigenvalue weighted by atomic mass is 35.5. The van der Waals surface area contributed by atoms with E-state index in [0.717, 1.165) is 24.3 Å². The lowest BCUT2D eigenvalue weighted by Crippen LogP contribution is -2.44. The van der Waals surface area contributed by atoms with Gasteiger partial charge < -0.3 is 25.6 Å². The van der Waals surface area contributed by atoms with E-state index in [9.17, 15) is 19.1 Å². The molecule has 4 N–H and O–H groups in total. The van der Waals surface area contributed by atoms with Crippen molar-refractivity contribution >= 4 is 34.3 Å². The molecule has 0 spiro atoms. The minimum Gasteiger partial charge on any atom is -0.494 e. The number of halogens is 2. The standard InChI is InChI=1S/C32H31ClFN5O5/c1-31(30(35)41)15-44-28-22(31)12-25(37-27(28)21-8-5-19(34)11-23(21)33)32(42,18-3-4-18)14-36-29(40)16-9-17-13-39(20-6-7-20)38-26(17)24(10-16)43-2/h5,8-13,18,20,42H,3-4,6-7,14-15H2,1-2H3,(H2,35,41)(H,36,40)/t31-,32+/m0/s1. The Labute approximate surface area is 257 Å². The van der Waals surface area contributed by atoms with Gasteiger partial charge in [0, 0.05) is 28.3 Å². The van der Waals surface area contributed by atoms with Crippen LogP contribution < -0.4 is 20.5 Å². The van der Waals surface area contributed by atoms with E-state index in [1.807, 2.05) is 10.9 Å². The fourth-order valence-corrected chi connectivity index (χ4v) is 6.19. The lowest BCUT2D eigenvalue weighted by Gasteiger charge is -2.30. The SMILES string of the molecule is COc1cc(C(=O)NC[C@](O)(c2cc3c(c(-c4ccc(F)cc4Cl)n2)OC[C@]3(C)C(N)=O)C2CC2)cc2cn(C3CC3)nc12. The van der Waals surface area contributed by atoms with Crippen LogP contribution in [0, 0.1) is 11.7 Å². The van der Waals surface area contributed by atoms with Gasteiger partial charge in [-0.05, 0) is 74.9 Å². The molecule has 228 valence electrons. The lowest BCUT2D eigenvalue weighted by atomic mass is 9.81. The third kappa shape index (κ3) is 4.66. The molecule has 7 rings (SSSR count). The molecule has 10 nitrogen and oxygen atoms in total. The second-order valence-electron chi connectivity index (χ2n) is 12.2. The molecule has 12 heteroatoms. The predicted octanol–water partition coefficient (Wildman–Crippen LogP) is 4.40. The molecule has 2 fully saturated rings. The highest BCUT2D eigenvalue weighted by Gasteiger charge is 2.50. The molecule has 2 saturated carbocycles. The number of primary amides is 1. The molecule has 2 atom stereocenters. The van der Waals surface area contributed by atoms with Crippen LogP contribution in [0.25, 0.3) is 22.2 Å². The Morgan fingerprint density at radius 1 is 1.25 bits per heavy atom. The molecule has 2 aliphatic carbocycles. The zero-order valence-electron chi connectivity index (χ0n) is 24.2. The molecule has 0 saturated heterocycles. The van der Waals surface area contributed by atoms with Crippen molar-refractivity contribution < 1.29 is 28.6 Å². The number of hydrogen-bond acceptors (Lipinski definition) is 7. The fourth-order valence-electron chi connectivity index (χ4n) is 5.93. The van der Waals surface area contributed by atoms with Crippen LogP contribution in [0.3, 0.4) is 0 Å². The minimum atomic E-state index is -1.60. The van der Waals surface area contributed by atoms with Crippen LogP contribution in [0.4, 0.5) is 4.39 Å². The zero-order valence-corrected chi connectivity index (χ0v) is 24.9. The van der Waals surface area contributed by atoms with Crippen molar-refractivity contribution in [1.29, 1.82) is 0 Å². The van der Waals surface area contributed by atoms with Gasteiger partial charge in [0.05, 0.1) is 30.4 Å². The molecule has 4 aromatic rings. The maximum atomic E-state index is 13.9. The number of ether oxygens (including phenoxy) is 2. The number of nitrogens with two attached hydrogens (primary N) is 1. The number of pyridine rings is 1. The van der Waals surface area contributed by atoms with E-state index in [0.29, 0.717) is 46.8 Å². The number of nitrogens with zero attached hydrogens (tertiary/aromatic N) is 3. The number of amides is 2. The molecule has 0 radical (unpaired) electrons. The van der Waals surface area contributed by atoms with E-state index in [2.05, 4.69) is 10.4 Å². The molecule has 0 unspecified atom stereocenters. The molecular weight excluding hydrogens is 589 g/mol. The summed E-state index contributed by atoms with van der Waals surface area (Å²) in [6.07, 6.45) is 5.48. The van der Waals surface area contributed by atoms with Gasteiger partial charge in [0.1, 0.15) is 46.1 Å². The van der Waals surface area contributed by atoms with Crippen molar-refractivity contribution in [3.05, 3.63) is 70.3 Å². The fraction of sp³-hybridized carbons (Fsp3) is 0.375. The van der Waals surface area contributed by atoms with Gasteiger partial charge in [0.25, 0.3) is 5.91 Å². The Bertz CT molecular complexity index is 1850. The van der Waals surface area contributed by atoms with Crippen molar-refractivity contribution in [2.75, 3.05) is 20.3 Å². The first-order valence-corrected chi connectivity index (χ1v) is 14.9. The van der Waals surface area contributed by atoms with Crippen molar-refractivity contribution in [3.8, 4) is 22.8 Å². The van der Waals surface area contributed by atoms with Crippen LogP contribution in [0.1, 0.15) is 60.3 Å². The van der Waals surface area contributed by atoms with Crippen molar-refractivity contribution in [2.45, 2.75) is 49.7 Å². The molecular formula is C32H31ClFN5O5. The third-order valence-electron chi connectivity index (χ3n) is 9.01. The number of aromatic nitrogens is 3. The van der Waals surface area contributed by atoms with Crippen molar-refractivity contribution in [1.82, 2.24) is 20.1 Å². The molecule has 2 aromatic carbocycles. The highest BCUT2D eigenvalue weighted by molar-refractivity contribution is 6.33. The zero-order chi connectivity index (χ0) is 31.0. The third-order valence-corrected chi connectivity index (χ3v) is 9.32. The Morgan fingerprint density at radius 3 is 2.68 bits per heavy atom. The van der Waals surface area contributed by atoms with Gasteiger partial charge in [-0.2, -0.15) is 5.10 Å². The highest BCUT2D eigenvalue weighted by Crippen LogP contribution is 2.50. The lowest BCUT2D eigenvalue weighted by molar-refractivity contribution is -0.123. The number of benzene rings is 2. The number of hydrogen-bond donors (Lipinski definition) is 3. The van der Waals surface area contributed by atoms with Crippen LogP contribution in [0.2, 0.25) is 5.02 Å². The Morgan fingerprint density at radius 2 is 2.02 bits per heavy atom. The van der Waals surface area contributed by atoms with Crippen LogP contribution in [-0.2, 0) is 15.8 Å². The summed E-state index contributed by atoms with van der Waals surface area (Å²) < 4.78 is 27.3. The summed E-state index contributed by atoms with van der Waals surface area (Å²) in [5, 5.41) is 20.6.